The molecule has 0 unspecified atom stereocenters. The number of pyridine rings is 1. The Hall–Kier alpha value is -0.320. The number of aromatic nitrogens is 1. The van der Waals surface area contributed by atoms with Gasteiger partial charge in [0.1, 0.15) is 0 Å². The summed E-state index contributed by atoms with van der Waals surface area (Å²) >= 11 is 2.09. The molecule has 1 aromatic heterocycles. The molecule has 54 valence electrons. The van der Waals surface area contributed by atoms with Crippen molar-refractivity contribution in [2.24, 2.45) is 0 Å². The number of halogens is 1. The minimum atomic E-state index is 0.0180. The van der Waals surface area contributed by atoms with Crippen molar-refractivity contribution in [2.45, 2.75) is 13.8 Å². The maximum atomic E-state index is 11.0. The third kappa shape index (κ3) is 1.39. The summed E-state index contributed by atoms with van der Waals surface area (Å²) in [6, 6.07) is 1.96. The molecule has 0 aliphatic carbocycles. The SMILES string of the molecule is Cc1cc(I)[nH]c(=O)c1C. The zero-order valence-electron chi connectivity index (χ0n) is 5.86. The highest BCUT2D eigenvalue weighted by Crippen LogP contribution is 2.03. The predicted molar refractivity (Wildman–Crippen MR) is 49.3 cm³/mol. The summed E-state index contributed by atoms with van der Waals surface area (Å²) in [4.78, 5) is 13.7. The minimum Gasteiger partial charge on any atom is -0.317 e. The molecule has 0 bridgehead atoms. The molecule has 0 saturated heterocycles. The largest absolute Gasteiger partial charge is 0.317 e. The second-order valence-corrected chi connectivity index (χ2v) is 3.42. The number of hydrogen-bond donors (Lipinski definition) is 1. The molecular formula is C7H8INO. The molecule has 0 fully saturated rings. The summed E-state index contributed by atoms with van der Waals surface area (Å²) in [6.45, 7) is 3.76. The van der Waals surface area contributed by atoms with Crippen LogP contribution in [0.1, 0.15) is 11.1 Å². The lowest BCUT2D eigenvalue weighted by Crippen LogP contribution is -2.11. The van der Waals surface area contributed by atoms with Gasteiger partial charge in [-0.15, -0.1) is 0 Å². The number of nitrogens with one attached hydrogen (secondary N) is 1. The van der Waals surface area contributed by atoms with E-state index in [9.17, 15) is 4.79 Å². The summed E-state index contributed by atoms with van der Waals surface area (Å²) in [5, 5.41) is 0. The summed E-state index contributed by atoms with van der Waals surface area (Å²) in [5.41, 5.74) is 1.87. The second kappa shape index (κ2) is 2.74. The van der Waals surface area contributed by atoms with E-state index in [4.69, 9.17) is 0 Å². The van der Waals surface area contributed by atoms with Gasteiger partial charge in [0, 0.05) is 5.56 Å². The van der Waals surface area contributed by atoms with E-state index < -0.39 is 0 Å². The summed E-state index contributed by atoms with van der Waals surface area (Å²) < 4.78 is 0.894. The molecule has 1 N–H and O–H groups in total. The maximum Gasteiger partial charge on any atom is 0.251 e. The minimum absolute atomic E-state index is 0.0180. The van der Waals surface area contributed by atoms with E-state index in [0.717, 1.165) is 14.8 Å². The first-order valence-corrected chi connectivity index (χ1v) is 4.05. The molecule has 1 rings (SSSR count). The van der Waals surface area contributed by atoms with E-state index >= 15 is 0 Å². The van der Waals surface area contributed by atoms with E-state index in [1.165, 1.54) is 0 Å². The van der Waals surface area contributed by atoms with Crippen LogP contribution in [0.5, 0.6) is 0 Å². The summed E-state index contributed by atoms with van der Waals surface area (Å²) in [7, 11) is 0. The van der Waals surface area contributed by atoms with E-state index in [0.29, 0.717) is 0 Å². The molecule has 0 amide bonds. The van der Waals surface area contributed by atoms with Crippen LogP contribution < -0.4 is 5.56 Å². The van der Waals surface area contributed by atoms with Crippen molar-refractivity contribution in [3.05, 3.63) is 31.2 Å². The summed E-state index contributed by atoms with van der Waals surface area (Å²) in [5.74, 6) is 0. The molecule has 0 saturated carbocycles. The van der Waals surface area contributed by atoms with Crippen LogP contribution in [0.4, 0.5) is 0 Å². The Morgan fingerprint density at radius 2 is 2.10 bits per heavy atom. The molecule has 0 spiro atoms. The van der Waals surface area contributed by atoms with Crippen molar-refractivity contribution < 1.29 is 0 Å². The van der Waals surface area contributed by atoms with Crippen LogP contribution in [-0.4, -0.2) is 4.98 Å². The summed E-state index contributed by atoms with van der Waals surface area (Å²) in [6.07, 6.45) is 0. The van der Waals surface area contributed by atoms with Crippen LogP contribution in [0.15, 0.2) is 10.9 Å². The Balaban J connectivity index is 3.46. The van der Waals surface area contributed by atoms with Crippen LogP contribution in [0.3, 0.4) is 0 Å². The maximum absolute atomic E-state index is 11.0. The van der Waals surface area contributed by atoms with Crippen LogP contribution in [-0.2, 0) is 0 Å². The first-order chi connectivity index (χ1) is 4.61. The van der Waals surface area contributed by atoms with Crippen LogP contribution in [0.2, 0.25) is 0 Å². The molecule has 0 atom stereocenters. The van der Waals surface area contributed by atoms with Gasteiger partial charge in [-0.2, -0.15) is 0 Å². The zero-order valence-corrected chi connectivity index (χ0v) is 8.02. The van der Waals surface area contributed by atoms with Crippen LogP contribution >= 0.6 is 22.6 Å². The predicted octanol–water partition coefficient (Wildman–Crippen LogP) is 1.60. The molecule has 0 aliphatic heterocycles. The van der Waals surface area contributed by atoms with Gasteiger partial charge in [-0.05, 0) is 48.1 Å². The van der Waals surface area contributed by atoms with Crippen molar-refractivity contribution in [3.8, 4) is 0 Å². The highest BCUT2D eigenvalue weighted by Gasteiger charge is 1.97. The lowest BCUT2D eigenvalue weighted by atomic mass is 10.2. The Kier molecular flexibility index (Phi) is 2.13. The van der Waals surface area contributed by atoms with E-state index in [1.807, 2.05) is 19.9 Å². The van der Waals surface area contributed by atoms with Gasteiger partial charge >= 0.3 is 0 Å². The molecule has 0 radical (unpaired) electrons. The molecule has 0 aromatic carbocycles. The highest BCUT2D eigenvalue weighted by atomic mass is 127. The molecule has 1 aromatic rings. The monoisotopic (exact) mass is 249 g/mol. The third-order valence-corrected chi connectivity index (χ3v) is 2.09. The third-order valence-electron chi connectivity index (χ3n) is 1.51. The fourth-order valence-corrected chi connectivity index (χ4v) is 1.43. The van der Waals surface area contributed by atoms with Gasteiger partial charge in [0.2, 0.25) is 0 Å². The number of aromatic amines is 1. The molecule has 2 nitrogen and oxygen atoms in total. The van der Waals surface area contributed by atoms with Gasteiger partial charge < -0.3 is 4.98 Å². The van der Waals surface area contributed by atoms with Crippen LogP contribution in [0.25, 0.3) is 0 Å². The van der Waals surface area contributed by atoms with Crippen molar-refractivity contribution >= 4 is 22.6 Å². The molecule has 0 aliphatic rings. The lowest BCUT2D eigenvalue weighted by Gasteiger charge is -1.97. The van der Waals surface area contributed by atoms with Crippen molar-refractivity contribution in [2.75, 3.05) is 0 Å². The fourth-order valence-electron chi connectivity index (χ4n) is 0.716. The Labute approximate surface area is 72.8 Å². The van der Waals surface area contributed by atoms with Crippen molar-refractivity contribution in [1.29, 1.82) is 0 Å². The molecule has 1 heterocycles. The van der Waals surface area contributed by atoms with E-state index in [1.54, 1.807) is 0 Å². The smallest absolute Gasteiger partial charge is 0.251 e. The average Bonchev–Trinajstić information content (AvgIpc) is 1.82. The van der Waals surface area contributed by atoms with Gasteiger partial charge in [0.25, 0.3) is 5.56 Å². The first kappa shape index (κ1) is 7.78. The molecule has 3 heteroatoms. The van der Waals surface area contributed by atoms with Crippen molar-refractivity contribution in [3.63, 3.8) is 0 Å². The van der Waals surface area contributed by atoms with Crippen LogP contribution in [0, 0.1) is 17.5 Å². The van der Waals surface area contributed by atoms with E-state index in [2.05, 4.69) is 27.6 Å². The number of H-pyrrole nitrogens is 1. The van der Waals surface area contributed by atoms with Gasteiger partial charge in [-0.3, -0.25) is 4.79 Å². The topological polar surface area (TPSA) is 32.9 Å². The molecular weight excluding hydrogens is 241 g/mol. The fraction of sp³-hybridized carbons (Fsp3) is 0.286. The standard InChI is InChI=1S/C7H8INO/c1-4-3-6(8)9-7(10)5(4)2/h3H,1-2H3,(H,9,10). The van der Waals surface area contributed by atoms with Gasteiger partial charge in [0.05, 0.1) is 3.70 Å². The van der Waals surface area contributed by atoms with Crippen molar-refractivity contribution in [1.82, 2.24) is 4.98 Å². The number of aryl methyl sites for hydroxylation is 1. The Morgan fingerprint density at radius 3 is 2.60 bits per heavy atom. The van der Waals surface area contributed by atoms with E-state index in [-0.39, 0.29) is 5.56 Å². The zero-order chi connectivity index (χ0) is 7.72. The number of rotatable bonds is 0. The quantitative estimate of drug-likeness (QED) is 0.549. The molecule has 10 heavy (non-hydrogen) atoms. The van der Waals surface area contributed by atoms with Gasteiger partial charge in [0.15, 0.2) is 0 Å². The Bertz CT molecular complexity index is 303. The number of hydrogen-bond acceptors (Lipinski definition) is 1. The van der Waals surface area contributed by atoms with Gasteiger partial charge in [-0.1, -0.05) is 0 Å². The first-order valence-electron chi connectivity index (χ1n) is 2.97. The van der Waals surface area contributed by atoms with Gasteiger partial charge in [-0.25, -0.2) is 0 Å². The normalized spacial score (nSPS) is 9.90. The second-order valence-electron chi connectivity index (χ2n) is 2.25. The highest BCUT2D eigenvalue weighted by molar-refractivity contribution is 14.1. The Morgan fingerprint density at radius 1 is 1.50 bits per heavy atom. The average molecular weight is 249 g/mol. The lowest BCUT2D eigenvalue weighted by molar-refractivity contribution is 1.11.